The molecule has 1 amide bonds. The first-order valence-corrected chi connectivity index (χ1v) is 8.40. The predicted octanol–water partition coefficient (Wildman–Crippen LogP) is 2.21. The van der Waals surface area contributed by atoms with Gasteiger partial charge in [0.15, 0.2) is 0 Å². The highest BCUT2D eigenvalue weighted by atomic mass is 32.2. The molecule has 5 heteroatoms. The van der Waals surface area contributed by atoms with Gasteiger partial charge >= 0.3 is 0 Å². The van der Waals surface area contributed by atoms with Crippen molar-refractivity contribution in [3.05, 3.63) is 21.9 Å². The van der Waals surface area contributed by atoms with Crippen LogP contribution in [0, 0.1) is 17.8 Å². The highest BCUT2D eigenvalue weighted by molar-refractivity contribution is 7.98. The molecular formula is C14H19NO2S2. The maximum absolute atomic E-state index is 11.9. The molecule has 0 spiro atoms. The number of thioether (sulfide) groups is 1. The Morgan fingerprint density at radius 3 is 3.11 bits per heavy atom. The molecule has 0 radical (unpaired) electrons. The van der Waals surface area contributed by atoms with E-state index in [0.29, 0.717) is 24.4 Å². The molecule has 0 bridgehead atoms. The summed E-state index contributed by atoms with van der Waals surface area (Å²) in [7, 11) is 0. The van der Waals surface area contributed by atoms with Gasteiger partial charge < -0.3 is 10.4 Å². The van der Waals surface area contributed by atoms with E-state index in [1.54, 1.807) is 17.8 Å². The minimum absolute atomic E-state index is 0.0422. The smallest absolute Gasteiger partial charge is 0.252 e. The van der Waals surface area contributed by atoms with Gasteiger partial charge in [-0.05, 0) is 24.0 Å². The Kier molecular flexibility index (Phi) is 7.65. The molecule has 0 fully saturated rings. The first kappa shape index (κ1) is 16.1. The van der Waals surface area contributed by atoms with Crippen LogP contribution in [0.25, 0.3) is 0 Å². The van der Waals surface area contributed by atoms with Gasteiger partial charge in [-0.25, -0.2) is 0 Å². The van der Waals surface area contributed by atoms with Crippen molar-refractivity contribution in [3.8, 4) is 11.8 Å². The van der Waals surface area contributed by atoms with Gasteiger partial charge in [0.05, 0.1) is 17.0 Å². The molecule has 1 aromatic rings. The molecule has 104 valence electrons. The van der Waals surface area contributed by atoms with Crippen molar-refractivity contribution < 1.29 is 9.90 Å². The number of amides is 1. The molecule has 1 unspecified atom stereocenters. The lowest BCUT2D eigenvalue weighted by Gasteiger charge is -2.10. The van der Waals surface area contributed by atoms with Gasteiger partial charge in [0.1, 0.15) is 0 Å². The van der Waals surface area contributed by atoms with Crippen LogP contribution in [0.4, 0.5) is 0 Å². The molecule has 1 heterocycles. The molecule has 1 rings (SSSR count). The summed E-state index contributed by atoms with van der Waals surface area (Å²) in [6, 6.07) is 1.80. The third-order valence-electron chi connectivity index (χ3n) is 2.37. The van der Waals surface area contributed by atoms with Crippen LogP contribution in [-0.2, 0) is 0 Å². The van der Waals surface area contributed by atoms with E-state index in [-0.39, 0.29) is 12.5 Å². The maximum atomic E-state index is 11.9. The number of rotatable bonds is 6. The van der Waals surface area contributed by atoms with Crippen LogP contribution >= 0.6 is 23.1 Å². The normalized spacial score (nSPS) is 11.5. The Hall–Kier alpha value is -0.960. The molecule has 1 atom stereocenters. The summed E-state index contributed by atoms with van der Waals surface area (Å²) in [4.78, 5) is 12.8. The summed E-state index contributed by atoms with van der Waals surface area (Å²) in [5, 5.41) is 13.4. The molecule has 2 N–H and O–H groups in total. The number of thiophene rings is 1. The van der Waals surface area contributed by atoms with E-state index >= 15 is 0 Å². The highest BCUT2D eigenvalue weighted by Gasteiger charge is 2.09. The Morgan fingerprint density at radius 1 is 1.63 bits per heavy atom. The predicted molar refractivity (Wildman–Crippen MR) is 82.8 cm³/mol. The van der Waals surface area contributed by atoms with Crippen LogP contribution in [0.3, 0.4) is 0 Å². The van der Waals surface area contributed by atoms with Crippen LogP contribution in [0.15, 0.2) is 11.4 Å². The molecule has 0 aliphatic heterocycles. The van der Waals surface area contributed by atoms with Gasteiger partial charge in [0, 0.05) is 18.3 Å². The van der Waals surface area contributed by atoms with E-state index in [1.807, 2.05) is 5.38 Å². The minimum atomic E-state index is -0.0422. The summed E-state index contributed by atoms with van der Waals surface area (Å²) in [6.07, 6.45) is 2.53. The Balaban J connectivity index is 2.48. The number of carbonyl (C=O) groups excluding carboxylic acids is 1. The van der Waals surface area contributed by atoms with E-state index < -0.39 is 0 Å². The topological polar surface area (TPSA) is 49.3 Å². The first-order chi connectivity index (χ1) is 9.17. The molecule has 0 aliphatic carbocycles. The van der Waals surface area contributed by atoms with E-state index in [1.165, 1.54) is 11.3 Å². The number of aliphatic hydroxyl groups excluding tert-OH is 1. The van der Waals surface area contributed by atoms with Crippen LogP contribution in [0.1, 0.15) is 28.6 Å². The number of hydrogen-bond acceptors (Lipinski definition) is 4. The molecule has 1 aromatic heterocycles. The summed E-state index contributed by atoms with van der Waals surface area (Å²) in [6.45, 7) is 2.89. The van der Waals surface area contributed by atoms with Crippen molar-refractivity contribution in [3.63, 3.8) is 0 Å². The summed E-state index contributed by atoms with van der Waals surface area (Å²) >= 11 is 3.24. The van der Waals surface area contributed by atoms with E-state index in [2.05, 4.69) is 30.3 Å². The van der Waals surface area contributed by atoms with Crippen molar-refractivity contribution >= 4 is 29.0 Å². The van der Waals surface area contributed by atoms with Crippen LogP contribution in [-0.4, -0.2) is 36.2 Å². The molecule has 19 heavy (non-hydrogen) atoms. The molecular weight excluding hydrogens is 278 g/mol. The van der Waals surface area contributed by atoms with Crippen molar-refractivity contribution in [2.45, 2.75) is 13.3 Å². The van der Waals surface area contributed by atoms with Gasteiger partial charge in [-0.3, -0.25) is 4.79 Å². The monoisotopic (exact) mass is 297 g/mol. The van der Waals surface area contributed by atoms with Crippen molar-refractivity contribution in [2.75, 3.05) is 25.2 Å². The standard InChI is InChI=1S/C14H19NO2S2/c1-11(9-18-2)8-15-14(17)12-7-13(19-10-12)5-3-4-6-16/h7,10-11,16H,4,6,8-9H2,1-2H3,(H,15,17). The fourth-order valence-electron chi connectivity index (χ4n) is 1.44. The summed E-state index contributed by atoms with van der Waals surface area (Å²) < 4.78 is 0. The number of carbonyl (C=O) groups is 1. The number of hydrogen-bond donors (Lipinski definition) is 2. The van der Waals surface area contributed by atoms with Gasteiger partial charge in [-0.1, -0.05) is 18.8 Å². The fraction of sp³-hybridized carbons (Fsp3) is 0.500. The molecule has 0 saturated heterocycles. The average Bonchev–Trinajstić information content (AvgIpc) is 2.85. The third-order valence-corrected chi connectivity index (χ3v) is 4.12. The van der Waals surface area contributed by atoms with Crippen LogP contribution in [0.2, 0.25) is 0 Å². The molecule has 0 saturated carbocycles. The van der Waals surface area contributed by atoms with E-state index in [4.69, 9.17) is 5.11 Å². The Labute approximate surface area is 122 Å². The quantitative estimate of drug-likeness (QED) is 0.792. The second-order valence-corrected chi connectivity index (χ2v) is 6.07. The summed E-state index contributed by atoms with van der Waals surface area (Å²) in [5.41, 5.74) is 0.662. The second kappa shape index (κ2) is 9.03. The van der Waals surface area contributed by atoms with Crippen molar-refractivity contribution in [1.29, 1.82) is 0 Å². The molecule has 0 aromatic carbocycles. The Morgan fingerprint density at radius 2 is 2.42 bits per heavy atom. The zero-order valence-electron chi connectivity index (χ0n) is 11.2. The molecule has 3 nitrogen and oxygen atoms in total. The van der Waals surface area contributed by atoms with Crippen LogP contribution < -0.4 is 5.32 Å². The SMILES string of the molecule is CSCC(C)CNC(=O)c1csc(C#CCCO)c1. The fourth-order valence-corrected chi connectivity index (χ4v) is 2.88. The first-order valence-electron chi connectivity index (χ1n) is 6.12. The zero-order valence-corrected chi connectivity index (χ0v) is 12.9. The minimum Gasteiger partial charge on any atom is -0.395 e. The third kappa shape index (κ3) is 6.15. The zero-order chi connectivity index (χ0) is 14.1. The molecule has 0 aliphatic rings. The Bertz CT molecular complexity index is 460. The van der Waals surface area contributed by atoms with Gasteiger partial charge in [-0.2, -0.15) is 11.8 Å². The lowest BCUT2D eigenvalue weighted by Crippen LogP contribution is -2.28. The summed E-state index contributed by atoms with van der Waals surface area (Å²) in [5.74, 6) is 7.25. The lowest BCUT2D eigenvalue weighted by atomic mass is 10.2. The number of aliphatic hydroxyl groups is 1. The van der Waals surface area contributed by atoms with Gasteiger partial charge in [-0.15, -0.1) is 11.3 Å². The van der Waals surface area contributed by atoms with Gasteiger partial charge in [0.25, 0.3) is 5.91 Å². The second-order valence-electron chi connectivity index (χ2n) is 4.25. The lowest BCUT2D eigenvalue weighted by molar-refractivity contribution is 0.0949. The van der Waals surface area contributed by atoms with E-state index in [0.717, 1.165) is 10.6 Å². The highest BCUT2D eigenvalue weighted by Crippen LogP contribution is 2.13. The maximum Gasteiger partial charge on any atom is 0.252 e. The van der Waals surface area contributed by atoms with Crippen molar-refractivity contribution in [2.24, 2.45) is 5.92 Å². The average molecular weight is 297 g/mol. The number of nitrogens with one attached hydrogen (secondary N) is 1. The largest absolute Gasteiger partial charge is 0.395 e. The van der Waals surface area contributed by atoms with Crippen LogP contribution in [0.5, 0.6) is 0 Å². The van der Waals surface area contributed by atoms with E-state index in [9.17, 15) is 4.79 Å². The van der Waals surface area contributed by atoms with Crippen molar-refractivity contribution in [1.82, 2.24) is 5.32 Å². The van der Waals surface area contributed by atoms with Gasteiger partial charge in [0.2, 0.25) is 0 Å².